The number of carbonyl (C=O) groups is 2. The summed E-state index contributed by atoms with van der Waals surface area (Å²) in [6.45, 7) is 3.22. The number of benzene rings is 1. The molecule has 0 saturated heterocycles. The number of ether oxygens (including phenoxy) is 1. The lowest BCUT2D eigenvalue weighted by Gasteiger charge is -2.25. The summed E-state index contributed by atoms with van der Waals surface area (Å²) in [5.74, 6) is 0.124. The zero-order valence-corrected chi connectivity index (χ0v) is 17.7. The van der Waals surface area contributed by atoms with E-state index in [1.807, 2.05) is 24.3 Å². The van der Waals surface area contributed by atoms with Crippen LogP contribution in [0.3, 0.4) is 0 Å². The minimum absolute atomic E-state index is 0.104. The monoisotopic (exact) mass is 430 g/mol. The molecule has 8 nitrogen and oxygen atoms in total. The van der Waals surface area contributed by atoms with Crippen molar-refractivity contribution in [3.05, 3.63) is 51.5 Å². The number of nitrogens with zero attached hydrogens (tertiary/aromatic N) is 2. The van der Waals surface area contributed by atoms with Crippen molar-refractivity contribution in [2.75, 3.05) is 26.7 Å². The predicted octanol–water partition coefficient (Wildman–Crippen LogP) is 2.24. The van der Waals surface area contributed by atoms with E-state index in [0.29, 0.717) is 11.6 Å². The maximum absolute atomic E-state index is 11.9. The van der Waals surface area contributed by atoms with E-state index in [-0.39, 0.29) is 5.91 Å². The first-order chi connectivity index (χ1) is 14.6. The first-order valence-corrected chi connectivity index (χ1v) is 10.7. The van der Waals surface area contributed by atoms with E-state index in [4.69, 9.17) is 9.94 Å². The third-order valence-electron chi connectivity index (χ3n) is 4.85. The van der Waals surface area contributed by atoms with Crippen LogP contribution in [0.2, 0.25) is 0 Å². The van der Waals surface area contributed by atoms with Gasteiger partial charge in [0.05, 0.1) is 12.8 Å². The summed E-state index contributed by atoms with van der Waals surface area (Å²) in [5, 5.41) is 11.9. The van der Waals surface area contributed by atoms with Crippen LogP contribution in [0, 0.1) is 0 Å². The van der Waals surface area contributed by atoms with Gasteiger partial charge in [-0.3, -0.25) is 19.7 Å². The van der Waals surface area contributed by atoms with Crippen LogP contribution in [0.25, 0.3) is 6.08 Å². The number of nitrogens with one attached hydrogen (secondary N) is 2. The molecule has 2 aromatic rings. The third-order valence-corrected chi connectivity index (χ3v) is 5.93. The Bertz CT molecular complexity index is 895. The second-order valence-electron chi connectivity index (χ2n) is 6.96. The molecular weight excluding hydrogens is 404 g/mol. The highest BCUT2D eigenvalue weighted by molar-refractivity contribution is 7.13. The van der Waals surface area contributed by atoms with Crippen molar-refractivity contribution in [1.82, 2.24) is 20.7 Å². The second kappa shape index (κ2) is 10.9. The molecule has 9 heteroatoms. The average molecular weight is 431 g/mol. The van der Waals surface area contributed by atoms with Gasteiger partial charge in [0, 0.05) is 37.0 Å². The highest BCUT2D eigenvalue weighted by Gasteiger charge is 2.22. The van der Waals surface area contributed by atoms with Gasteiger partial charge in [-0.15, -0.1) is 11.3 Å². The van der Waals surface area contributed by atoms with E-state index < -0.39 is 5.91 Å². The van der Waals surface area contributed by atoms with Crippen molar-refractivity contribution in [1.29, 1.82) is 0 Å². The van der Waals surface area contributed by atoms with E-state index in [9.17, 15) is 9.59 Å². The number of rotatable bonds is 9. The molecule has 1 aliphatic rings. The predicted molar refractivity (Wildman–Crippen MR) is 115 cm³/mol. The minimum Gasteiger partial charge on any atom is -0.497 e. The van der Waals surface area contributed by atoms with Crippen molar-refractivity contribution in [3.8, 4) is 5.75 Å². The van der Waals surface area contributed by atoms with Gasteiger partial charge >= 0.3 is 5.91 Å². The third kappa shape index (κ3) is 6.12. The number of methoxy groups -OCH3 is 1. The van der Waals surface area contributed by atoms with Crippen LogP contribution in [0.5, 0.6) is 5.75 Å². The zero-order chi connectivity index (χ0) is 21.3. The number of thiazole rings is 1. The minimum atomic E-state index is -0.558. The number of unbranched alkanes of at least 4 members (excludes halogenated alkanes) is 1. The Morgan fingerprint density at radius 2 is 2.10 bits per heavy atom. The molecule has 2 amide bonds. The zero-order valence-electron chi connectivity index (χ0n) is 16.9. The van der Waals surface area contributed by atoms with Crippen molar-refractivity contribution in [3.63, 3.8) is 0 Å². The molecule has 0 spiro atoms. The van der Waals surface area contributed by atoms with Gasteiger partial charge in [-0.2, -0.15) is 0 Å². The molecule has 160 valence electrons. The lowest BCUT2D eigenvalue weighted by atomic mass is 10.1. The number of fused-ring (bicyclic) bond motifs is 1. The summed E-state index contributed by atoms with van der Waals surface area (Å²) in [6.07, 6.45) is 5.99. The van der Waals surface area contributed by atoms with Crippen molar-refractivity contribution >= 4 is 29.2 Å². The smallest absolute Gasteiger partial charge is 0.303 e. The number of hydrogen-bond acceptors (Lipinski definition) is 7. The van der Waals surface area contributed by atoms with Crippen LogP contribution in [-0.2, 0) is 17.8 Å². The van der Waals surface area contributed by atoms with Crippen LogP contribution in [0.15, 0.2) is 30.3 Å². The van der Waals surface area contributed by atoms with Crippen LogP contribution in [0.4, 0.5) is 0 Å². The van der Waals surface area contributed by atoms with Crippen LogP contribution in [0.1, 0.15) is 38.8 Å². The molecule has 0 unspecified atom stereocenters. The van der Waals surface area contributed by atoms with E-state index >= 15 is 0 Å². The van der Waals surface area contributed by atoms with Gasteiger partial charge in [-0.05, 0) is 43.2 Å². The first kappa shape index (κ1) is 21.9. The molecule has 1 aromatic heterocycles. The molecule has 0 radical (unpaired) electrons. The Kier molecular flexibility index (Phi) is 7.95. The summed E-state index contributed by atoms with van der Waals surface area (Å²) in [7, 11) is 1.62. The quantitative estimate of drug-likeness (QED) is 0.244. The van der Waals surface area contributed by atoms with Gasteiger partial charge in [0.1, 0.15) is 5.75 Å². The number of hydrogen-bond donors (Lipinski definition) is 3. The number of carbonyl (C=O) groups excluding carboxylic acids is 2. The van der Waals surface area contributed by atoms with Gasteiger partial charge in [0.25, 0.3) is 0 Å². The first-order valence-electron chi connectivity index (χ1n) is 9.84. The van der Waals surface area contributed by atoms with Crippen molar-refractivity contribution < 1.29 is 19.5 Å². The van der Waals surface area contributed by atoms with Crippen molar-refractivity contribution in [2.24, 2.45) is 0 Å². The molecule has 3 rings (SSSR count). The Morgan fingerprint density at radius 3 is 2.83 bits per heavy atom. The molecule has 1 aromatic carbocycles. The van der Waals surface area contributed by atoms with Gasteiger partial charge < -0.3 is 10.1 Å². The average Bonchev–Trinajstić information content (AvgIpc) is 3.20. The maximum Gasteiger partial charge on any atom is 0.303 e. The number of hydroxylamine groups is 1. The standard InChI is InChI=1S/C21H26N4O4S/c1-29-16-7-4-15(5-8-16)6-9-19(26)22-11-2-3-12-25-13-10-17-18(14-25)30-21(23-17)20(27)24-28/h4-9,28H,2-3,10-14H2,1H3,(H,22,26)(H,24,27)/b9-6+. The van der Waals surface area contributed by atoms with Gasteiger partial charge in [0.15, 0.2) is 5.01 Å². The second-order valence-corrected chi connectivity index (χ2v) is 8.04. The summed E-state index contributed by atoms with van der Waals surface area (Å²) < 4.78 is 5.11. The lowest BCUT2D eigenvalue weighted by molar-refractivity contribution is -0.116. The van der Waals surface area contributed by atoms with E-state index in [1.165, 1.54) is 17.4 Å². The van der Waals surface area contributed by atoms with Crippen LogP contribution < -0.4 is 15.5 Å². The van der Waals surface area contributed by atoms with Gasteiger partial charge in [0.2, 0.25) is 5.91 Å². The molecule has 2 heterocycles. The number of amides is 2. The normalized spacial score (nSPS) is 13.8. The highest BCUT2D eigenvalue weighted by Crippen LogP contribution is 2.25. The summed E-state index contributed by atoms with van der Waals surface area (Å²) in [5.41, 5.74) is 3.53. The summed E-state index contributed by atoms with van der Waals surface area (Å²) in [6, 6.07) is 7.51. The van der Waals surface area contributed by atoms with Crippen LogP contribution >= 0.6 is 11.3 Å². The van der Waals surface area contributed by atoms with E-state index in [2.05, 4.69) is 15.2 Å². The molecule has 0 atom stereocenters. The van der Waals surface area contributed by atoms with E-state index in [1.54, 1.807) is 18.7 Å². The van der Waals surface area contributed by atoms with Gasteiger partial charge in [-0.1, -0.05) is 12.1 Å². The Balaban J connectivity index is 1.33. The fourth-order valence-corrected chi connectivity index (χ4v) is 4.24. The molecule has 30 heavy (non-hydrogen) atoms. The molecule has 0 bridgehead atoms. The SMILES string of the molecule is COc1ccc(/C=C/C(=O)NCCCCN2CCc3nc(C(=O)NO)sc3C2)cc1. The Hall–Kier alpha value is -2.75. The molecule has 0 aliphatic carbocycles. The molecule has 1 aliphatic heterocycles. The summed E-state index contributed by atoms with van der Waals surface area (Å²) in [4.78, 5) is 31.1. The molecule has 0 saturated carbocycles. The Labute approximate surface area is 179 Å². The maximum atomic E-state index is 11.9. The molecular formula is C21H26N4O4S. The fraction of sp³-hybridized carbons (Fsp3) is 0.381. The van der Waals surface area contributed by atoms with Crippen LogP contribution in [-0.4, -0.2) is 53.6 Å². The topological polar surface area (TPSA) is 104 Å². The van der Waals surface area contributed by atoms with Gasteiger partial charge in [-0.25, -0.2) is 10.5 Å². The highest BCUT2D eigenvalue weighted by atomic mass is 32.1. The molecule has 3 N–H and O–H groups in total. The number of aromatic nitrogens is 1. The summed E-state index contributed by atoms with van der Waals surface area (Å²) >= 11 is 1.33. The van der Waals surface area contributed by atoms with Crippen molar-refractivity contribution in [2.45, 2.75) is 25.8 Å². The fourth-order valence-electron chi connectivity index (χ4n) is 3.20. The lowest BCUT2D eigenvalue weighted by Crippen LogP contribution is -2.31. The molecule has 0 fully saturated rings. The van der Waals surface area contributed by atoms with E-state index in [0.717, 1.165) is 60.8 Å². The largest absolute Gasteiger partial charge is 0.497 e. The Morgan fingerprint density at radius 1 is 1.30 bits per heavy atom.